The first-order valence-corrected chi connectivity index (χ1v) is 7.27. The number of hydrogen-bond donors (Lipinski definition) is 2. The molecule has 0 aliphatic carbocycles. The lowest BCUT2D eigenvalue weighted by Crippen LogP contribution is -2.18. The number of nitrogens with zero attached hydrogens (tertiary/aromatic N) is 2. The topological polar surface area (TPSA) is 49.8 Å². The van der Waals surface area contributed by atoms with E-state index in [1.54, 1.807) is 0 Å². The third kappa shape index (κ3) is 6.18. The maximum absolute atomic E-state index is 12.8. The van der Waals surface area contributed by atoms with E-state index in [1.165, 1.54) is 13.5 Å². The summed E-state index contributed by atoms with van der Waals surface area (Å²) in [6.07, 6.45) is 0.964. The van der Waals surface area contributed by atoms with Gasteiger partial charge in [-0.25, -0.2) is 4.98 Å². The molecule has 1 rings (SSSR count). The van der Waals surface area contributed by atoms with Gasteiger partial charge in [-0.2, -0.15) is 18.2 Å². The van der Waals surface area contributed by atoms with Gasteiger partial charge in [0.15, 0.2) is 5.69 Å². The van der Waals surface area contributed by atoms with Gasteiger partial charge in [0.1, 0.15) is 5.82 Å². The Morgan fingerprint density at radius 2 is 1.90 bits per heavy atom. The molecule has 0 saturated carbocycles. The Morgan fingerprint density at radius 3 is 2.48 bits per heavy atom. The minimum Gasteiger partial charge on any atom is -0.367 e. The van der Waals surface area contributed by atoms with Gasteiger partial charge >= 0.3 is 6.18 Å². The predicted molar refractivity (Wildman–Crippen MR) is 78.4 cm³/mol. The SMILES string of the molecule is CCCCCCC(C)Nc1cc(C(F)(F)F)nc(NC)n1. The van der Waals surface area contributed by atoms with Gasteiger partial charge in [-0.05, 0) is 13.3 Å². The molecule has 120 valence electrons. The Morgan fingerprint density at radius 1 is 1.19 bits per heavy atom. The smallest absolute Gasteiger partial charge is 0.367 e. The van der Waals surface area contributed by atoms with Gasteiger partial charge in [-0.3, -0.25) is 0 Å². The molecule has 0 amide bonds. The lowest BCUT2D eigenvalue weighted by molar-refractivity contribution is -0.141. The Labute approximate surface area is 123 Å². The summed E-state index contributed by atoms with van der Waals surface area (Å²) < 4.78 is 38.3. The van der Waals surface area contributed by atoms with Crippen molar-refractivity contribution in [1.82, 2.24) is 9.97 Å². The minimum absolute atomic E-state index is 0.0366. The van der Waals surface area contributed by atoms with Gasteiger partial charge in [-0.1, -0.05) is 32.6 Å². The van der Waals surface area contributed by atoms with Crippen LogP contribution in [0.3, 0.4) is 0 Å². The third-order valence-corrected chi connectivity index (χ3v) is 3.13. The first kappa shape index (κ1) is 17.5. The fourth-order valence-electron chi connectivity index (χ4n) is 1.98. The molecule has 0 aromatic carbocycles. The van der Waals surface area contributed by atoms with E-state index < -0.39 is 11.9 Å². The number of alkyl halides is 3. The van der Waals surface area contributed by atoms with Crippen LogP contribution in [-0.2, 0) is 6.18 Å². The minimum atomic E-state index is -4.48. The first-order chi connectivity index (χ1) is 9.86. The van der Waals surface area contributed by atoms with Crippen molar-refractivity contribution in [3.8, 4) is 0 Å². The standard InChI is InChI=1S/C14H23F3N4/c1-4-5-6-7-8-10(2)19-12-9-11(14(15,16)17)20-13(18-3)21-12/h9-10H,4-8H2,1-3H3,(H2,18,19,20,21). The number of halogens is 3. The summed E-state index contributed by atoms with van der Waals surface area (Å²) in [5.41, 5.74) is -0.942. The highest BCUT2D eigenvalue weighted by atomic mass is 19.4. The van der Waals surface area contributed by atoms with Crippen molar-refractivity contribution >= 4 is 11.8 Å². The summed E-state index contributed by atoms with van der Waals surface area (Å²) in [4.78, 5) is 7.45. The number of aromatic nitrogens is 2. The van der Waals surface area contributed by atoms with E-state index in [2.05, 4.69) is 27.5 Å². The zero-order chi connectivity index (χ0) is 15.9. The normalized spacial score (nSPS) is 13.0. The molecule has 7 heteroatoms. The average molecular weight is 304 g/mol. The lowest BCUT2D eigenvalue weighted by Gasteiger charge is -2.16. The molecule has 0 aliphatic heterocycles. The van der Waals surface area contributed by atoms with Gasteiger partial charge in [0.05, 0.1) is 0 Å². The molecule has 0 radical (unpaired) electrons. The Balaban J connectivity index is 2.69. The van der Waals surface area contributed by atoms with E-state index >= 15 is 0 Å². The van der Waals surface area contributed by atoms with Gasteiger partial charge in [0.2, 0.25) is 5.95 Å². The molecule has 1 heterocycles. The van der Waals surface area contributed by atoms with E-state index in [-0.39, 0.29) is 17.8 Å². The Bertz CT molecular complexity index is 435. The van der Waals surface area contributed by atoms with Crippen LogP contribution in [0.4, 0.5) is 24.9 Å². The fraction of sp³-hybridized carbons (Fsp3) is 0.714. The maximum Gasteiger partial charge on any atom is 0.433 e. The molecule has 0 saturated heterocycles. The van der Waals surface area contributed by atoms with Crippen LogP contribution in [-0.4, -0.2) is 23.1 Å². The molecule has 1 aromatic rings. The monoisotopic (exact) mass is 304 g/mol. The van der Waals surface area contributed by atoms with E-state index in [4.69, 9.17) is 0 Å². The molecule has 2 N–H and O–H groups in total. The summed E-state index contributed by atoms with van der Waals surface area (Å²) >= 11 is 0. The van der Waals surface area contributed by atoms with Gasteiger partial charge in [0.25, 0.3) is 0 Å². The molecule has 1 atom stereocenters. The van der Waals surface area contributed by atoms with Gasteiger partial charge in [0, 0.05) is 19.2 Å². The second kappa shape index (κ2) is 8.05. The predicted octanol–water partition coefficient (Wildman–Crippen LogP) is 4.31. The van der Waals surface area contributed by atoms with Crippen molar-refractivity contribution in [2.24, 2.45) is 0 Å². The van der Waals surface area contributed by atoms with Crippen LogP contribution in [0.1, 0.15) is 51.6 Å². The maximum atomic E-state index is 12.8. The summed E-state index contributed by atoms with van der Waals surface area (Å²) in [6, 6.07) is 1.02. The number of hydrogen-bond acceptors (Lipinski definition) is 4. The second-order valence-corrected chi connectivity index (χ2v) is 5.10. The van der Waals surface area contributed by atoms with Crippen LogP contribution in [0.25, 0.3) is 0 Å². The number of rotatable bonds is 8. The average Bonchev–Trinajstić information content (AvgIpc) is 2.42. The van der Waals surface area contributed by atoms with Crippen LogP contribution in [0.2, 0.25) is 0 Å². The van der Waals surface area contributed by atoms with E-state index in [1.807, 2.05) is 6.92 Å². The molecular weight excluding hydrogens is 281 g/mol. The highest BCUT2D eigenvalue weighted by molar-refractivity contribution is 5.43. The van der Waals surface area contributed by atoms with Crippen LogP contribution >= 0.6 is 0 Å². The van der Waals surface area contributed by atoms with E-state index in [0.29, 0.717) is 0 Å². The quantitative estimate of drug-likeness (QED) is 0.703. The number of anilines is 2. The van der Waals surface area contributed by atoms with Crippen LogP contribution < -0.4 is 10.6 Å². The first-order valence-electron chi connectivity index (χ1n) is 7.27. The second-order valence-electron chi connectivity index (χ2n) is 5.10. The summed E-state index contributed by atoms with van der Waals surface area (Å²) in [6.45, 7) is 4.08. The van der Waals surface area contributed by atoms with Crippen molar-refractivity contribution in [3.63, 3.8) is 0 Å². The van der Waals surface area contributed by atoms with Crippen molar-refractivity contribution in [2.45, 2.75) is 58.2 Å². The molecule has 0 aliphatic rings. The largest absolute Gasteiger partial charge is 0.433 e. The van der Waals surface area contributed by atoms with Crippen LogP contribution in [0.5, 0.6) is 0 Å². The molecule has 1 aromatic heterocycles. The zero-order valence-corrected chi connectivity index (χ0v) is 12.7. The lowest BCUT2D eigenvalue weighted by atomic mass is 10.1. The zero-order valence-electron chi connectivity index (χ0n) is 12.7. The van der Waals surface area contributed by atoms with E-state index in [9.17, 15) is 13.2 Å². The van der Waals surface area contributed by atoms with Crippen molar-refractivity contribution in [2.75, 3.05) is 17.7 Å². The molecule has 1 unspecified atom stereocenters. The molecule has 4 nitrogen and oxygen atoms in total. The van der Waals surface area contributed by atoms with Crippen molar-refractivity contribution in [1.29, 1.82) is 0 Å². The molecular formula is C14H23F3N4. The van der Waals surface area contributed by atoms with Crippen molar-refractivity contribution < 1.29 is 13.2 Å². The Hall–Kier alpha value is -1.53. The molecule has 21 heavy (non-hydrogen) atoms. The fourth-order valence-corrected chi connectivity index (χ4v) is 1.98. The van der Waals surface area contributed by atoms with Crippen LogP contribution in [0, 0.1) is 0 Å². The third-order valence-electron chi connectivity index (χ3n) is 3.13. The summed E-state index contributed by atoms with van der Waals surface area (Å²) in [7, 11) is 1.49. The Kier molecular flexibility index (Phi) is 6.71. The van der Waals surface area contributed by atoms with E-state index in [0.717, 1.165) is 31.7 Å². The number of nitrogens with one attached hydrogen (secondary N) is 2. The molecule has 0 spiro atoms. The molecule has 0 fully saturated rings. The van der Waals surface area contributed by atoms with Gasteiger partial charge < -0.3 is 10.6 Å². The van der Waals surface area contributed by atoms with Crippen molar-refractivity contribution in [3.05, 3.63) is 11.8 Å². The molecule has 0 bridgehead atoms. The highest BCUT2D eigenvalue weighted by Gasteiger charge is 2.33. The summed E-state index contributed by atoms with van der Waals surface area (Å²) in [5, 5.41) is 5.57. The van der Waals surface area contributed by atoms with Crippen LogP contribution in [0.15, 0.2) is 6.07 Å². The van der Waals surface area contributed by atoms with Gasteiger partial charge in [-0.15, -0.1) is 0 Å². The number of unbranched alkanes of at least 4 members (excludes halogenated alkanes) is 3. The highest BCUT2D eigenvalue weighted by Crippen LogP contribution is 2.29. The summed E-state index contributed by atoms with van der Waals surface area (Å²) in [5.74, 6) is 0.162.